The zero-order valence-corrected chi connectivity index (χ0v) is 9.37. The molecule has 1 atom stereocenters. The SMILES string of the molecule is C#CCCCCNC(CC)CC(N)=NO. The Balaban J connectivity index is 3.58. The Bertz CT molecular complexity index is 220. The Labute approximate surface area is 91.9 Å². The molecule has 0 rings (SSSR count). The lowest BCUT2D eigenvalue weighted by atomic mass is 10.1. The Hall–Kier alpha value is -1.21. The third-order valence-electron chi connectivity index (χ3n) is 2.26. The normalized spacial score (nSPS) is 13.5. The van der Waals surface area contributed by atoms with Gasteiger partial charge in [-0.2, -0.15) is 0 Å². The minimum absolute atomic E-state index is 0.276. The van der Waals surface area contributed by atoms with E-state index in [2.05, 4.69) is 23.3 Å². The van der Waals surface area contributed by atoms with Crippen molar-refractivity contribution in [2.24, 2.45) is 10.9 Å². The van der Waals surface area contributed by atoms with E-state index in [1.165, 1.54) is 0 Å². The predicted octanol–water partition coefficient (Wildman–Crippen LogP) is 1.29. The van der Waals surface area contributed by atoms with Crippen LogP contribution in [0, 0.1) is 12.3 Å². The molecule has 0 spiro atoms. The maximum atomic E-state index is 8.43. The van der Waals surface area contributed by atoms with Crippen molar-refractivity contribution in [3.63, 3.8) is 0 Å². The predicted molar refractivity (Wildman–Crippen MR) is 62.8 cm³/mol. The Kier molecular flexibility index (Phi) is 8.59. The molecular weight excluding hydrogens is 190 g/mol. The molecule has 0 fully saturated rings. The maximum absolute atomic E-state index is 8.43. The Morgan fingerprint density at radius 3 is 2.87 bits per heavy atom. The summed E-state index contributed by atoms with van der Waals surface area (Å²) in [6.07, 6.45) is 9.64. The number of unbranched alkanes of at least 4 members (excludes halogenated alkanes) is 2. The number of nitrogens with one attached hydrogen (secondary N) is 1. The van der Waals surface area contributed by atoms with Crippen LogP contribution in [0.25, 0.3) is 0 Å². The summed E-state index contributed by atoms with van der Waals surface area (Å²) in [4.78, 5) is 0. The van der Waals surface area contributed by atoms with Gasteiger partial charge in [0.05, 0.1) is 0 Å². The van der Waals surface area contributed by atoms with Crippen LogP contribution in [0.2, 0.25) is 0 Å². The number of oxime groups is 1. The van der Waals surface area contributed by atoms with Crippen LogP contribution in [0.15, 0.2) is 5.16 Å². The molecule has 0 amide bonds. The molecule has 4 N–H and O–H groups in total. The molecule has 0 heterocycles. The summed E-state index contributed by atoms with van der Waals surface area (Å²) in [7, 11) is 0. The molecule has 0 aromatic heterocycles. The topological polar surface area (TPSA) is 70.6 Å². The van der Waals surface area contributed by atoms with Gasteiger partial charge in [0.1, 0.15) is 5.84 Å². The van der Waals surface area contributed by atoms with E-state index < -0.39 is 0 Å². The molecule has 0 aliphatic rings. The van der Waals surface area contributed by atoms with Gasteiger partial charge in [-0.3, -0.25) is 0 Å². The Morgan fingerprint density at radius 1 is 1.60 bits per heavy atom. The maximum Gasteiger partial charge on any atom is 0.140 e. The number of hydrogen-bond acceptors (Lipinski definition) is 3. The van der Waals surface area contributed by atoms with Crippen molar-refractivity contribution in [1.29, 1.82) is 0 Å². The van der Waals surface area contributed by atoms with Crippen LogP contribution in [0.5, 0.6) is 0 Å². The fraction of sp³-hybridized carbons (Fsp3) is 0.727. The number of terminal acetylenes is 1. The van der Waals surface area contributed by atoms with Crippen LogP contribution in [-0.4, -0.2) is 23.6 Å². The first-order valence-corrected chi connectivity index (χ1v) is 5.37. The number of hydrogen-bond donors (Lipinski definition) is 3. The first kappa shape index (κ1) is 13.8. The van der Waals surface area contributed by atoms with Crippen LogP contribution in [0.4, 0.5) is 0 Å². The van der Waals surface area contributed by atoms with Crippen molar-refractivity contribution in [2.45, 2.75) is 45.1 Å². The minimum atomic E-state index is 0.276. The van der Waals surface area contributed by atoms with Gasteiger partial charge in [-0.25, -0.2) is 0 Å². The number of nitrogens with zero attached hydrogens (tertiary/aromatic N) is 1. The molecular formula is C11H21N3O. The van der Waals surface area contributed by atoms with E-state index in [9.17, 15) is 0 Å². The highest BCUT2D eigenvalue weighted by molar-refractivity contribution is 5.80. The molecule has 0 radical (unpaired) electrons. The van der Waals surface area contributed by atoms with Crippen molar-refractivity contribution in [3.8, 4) is 12.3 Å². The summed E-state index contributed by atoms with van der Waals surface area (Å²) in [5, 5.41) is 14.7. The lowest BCUT2D eigenvalue weighted by Gasteiger charge is -2.15. The first-order valence-electron chi connectivity index (χ1n) is 5.37. The molecule has 4 heteroatoms. The number of nitrogens with two attached hydrogens (primary N) is 1. The smallest absolute Gasteiger partial charge is 0.140 e. The van der Waals surface area contributed by atoms with Crippen molar-refractivity contribution >= 4 is 5.84 Å². The highest BCUT2D eigenvalue weighted by atomic mass is 16.4. The van der Waals surface area contributed by atoms with Crippen molar-refractivity contribution < 1.29 is 5.21 Å². The lowest BCUT2D eigenvalue weighted by Crippen LogP contribution is -2.33. The third-order valence-corrected chi connectivity index (χ3v) is 2.26. The highest BCUT2D eigenvalue weighted by Crippen LogP contribution is 1.99. The first-order chi connectivity index (χ1) is 7.24. The molecule has 0 aliphatic heterocycles. The van der Waals surface area contributed by atoms with Gasteiger partial charge in [0.2, 0.25) is 0 Å². The van der Waals surface area contributed by atoms with Crippen LogP contribution >= 0.6 is 0 Å². The van der Waals surface area contributed by atoms with Crippen LogP contribution in [0.1, 0.15) is 39.0 Å². The quantitative estimate of drug-likeness (QED) is 0.141. The van der Waals surface area contributed by atoms with E-state index in [1.54, 1.807) is 0 Å². The molecule has 0 bridgehead atoms. The molecule has 0 aromatic rings. The molecule has 0 saturated carbocycles. The summed E-state index contributed by atoms with van der Waals surface area (Å²) in [6.45, 7) is 3.00. The zero-order valence-electron chi connectivity index (χ0n) is 9.37. The molecule has 4 nitrogen and oxygen atoms in total. The summed E-state index contributed by atoms with van der Waals surface area (Å²) in [5.74, 6) is 2.89. The van der Waals surface area contributed by atoms with Gasteiger partial charge in [-0.05, 0) is 25.8 Å². The second-order valence-corrected chi connectivity index (χ2v) is 3.52. The van der Waals surface area contributed by atoms with E-state index >= 15 is 0 Å². The van der Waals surface area contributed by atoms with Crippen LogP contribution in [0.3, 0.4) is 0 Å². The molecule has 1 unspecified atom stereocenters. The summed E-state index contributed by atoms with van der Waals surface area (Å²) < 4.78 is 0. The largest absolute Gasteiger partial charge is 0.409 e. The van der Waals surface area contributed by atoms with E-state index in [-0.39, 0.29) is 11.9 Å². The fourth-order valence-corrected chi connectivity index (χ4v) is 1.31. The second-order valence-electron chi connectivity index (χ2n) is 3.52. The van der Waals surface area contributed by atoms with Gasteiger partial charge in [0.25, 0.3) is 0 Å². The van der Waals surface area contributed by atoms with E-state index in [0.29, 0.717) is 6.42 Å². The lowest BCUT2D eigenvalue weighted by molar-refractivity contribution is 0.315. The molecule has 0 aromatic carbocycles. The number of rotatable bonds is 8. The van der Waals surface area contributed by atoms with E-state index in [1.807, 2.05) is 0 Å². The zero-order chi connectivity index (χ0) is 11.5. The summed E-state index contributed by atoms with van der Waals surface area (Å²) in [6, 6.07) is 0.284. The average molecular weight is 211 g/mol. The number of amidine groups is 1. The standard InChI is InChI=1S/C11H21N3O/c1-3-5-6-7-8-13-10(4-2)9-11(12)14-15/h1,10,13,15H,4-9H2,2H3,(H2,12,14). The van der Waals surface area contributed by atoms with Gasteiger partial charge < -0.3 is 16.3 Å². The van der Waals surface area contributed by atoms with Gasteiger partial charge in [0.15, 0.2) is 0 Å². The second kappa shape index (κ2) is 9.35. The van der Waals surface area contributed by atoms with Crippen LogP contribution in [-0.2, 0) is 0 Å². The van der Waals surface area contributed by atoms with Gasteiger partial charge >= 0.3 is 0 Å². The third kappa shape index (κ3) is 7.83. The highest BCUT2D eigenvalue weighted by Gasteiger charge is 2.07. The monoisotopic (exact) mass is 211 g/mol. The van der Waals surface area contributed by atoms with E-state index in [4.69, 9.17) is 17.4 Å². The minimum Gasteiger partial charge on any atom is -0.409 e. The summed E-state index contributed by atoms with van der Waals surface area (Å²) in [5.41, 5.74) is 5.43. The van der Waals surface area contributed by atoms with E-state index in [0.717, 1.165) is 32.2 Å². The average Bonchev–Trinajstić information content (AvgIpc) is 2.26. The Morgan fingerprint density at radius 2 is 2.33 bits per heavy atom. The van der Waals surface area contributed by atoms with Gasteiger partial charge in [0, 0.05) is 18.9 Å². The molecule has 15 heavy (non-hydrogen) atoms. The van der Waals surface area contributed by atoms with Crippen molar-refractivity contribution in [3.05, 3.63) is 0 Å². The van der Waals surface area contributed by atoms with Gasteiger partial charge in [-0.15, -0.1) is 12.3 Å². The van der Waals surface area contributed by atoms with Crippen LogP contribution < -0.4 is 11.1 Å². The summed E-state index contributed by atoms with van der Waals surface area (Å²) >= 11 is 0. The molecule has 86 valence electrons. The fourth-order valence-electron chi connectivity index (χ4n) is 1.31. The molecule has 0 saturated heterocycles. The van der Waals surface area contributed by atoms with Crippen molar-refractivity contribution in [1.82, 2.24) is 5.32 Å². The van der Waals surface area contributed by atoms with Crippen molar-refractivity contribution in [2.75, 3.05) is 6.54 Å². The molecule has 0 aliphatic carbocycles. The van der Waals surface area contributed by atoms with Gasteiger partial charge in [-0.1, -0.05) is 12.1 Å².